The molecule has 1 saturated carbocycles. The summed E-state index contributed by atoms with van der Waals surface area (Å²) in [7, 11) is 1.49. The Bertz CT molecular complexity index is 1140. The van der Waals surface area contributed by atoms with E-state index in [9.17, 15) is 14.0 Å². The highest BCUT2D eigenvalue weighted by Crippen LogP contribution is 2.39. The highest BCUT2D eigenvalue weighted by molar-refractivity contribution is 8.18. The summed E-state index contributed by atoms with van der Waals surface area (Å²) in [5.41, 5.74) is 6.07. The van der Waals surface area contributed by atoms with Gasteiger partial charge in [-0.2, -0.15) is 0 Å². The third kappa shape index (κ3) is 5.41. The first-order valence-corrected chi connectivity index (χ1v) is 11.9. The van der Waals surface area contributed by atoms with Crippen molar-refractivity contribution in [2.24, 2.45) is 10.7 Å². The van der Waals surface area contributed by atoms with Gasteiger partial charge in [0.25, 0.3) is 11.8 Å². The van der Waals surface area contributed by atoms with Gasteiger partial charge in [0.2, 0.25) is 0 Å². The van der Waals surface area contributed by atoms with Gasteiger partial charge in [-0.25, -0.2) is 9.38 Å². The van der Waals surface area contributed by atoms with Gasteiger partial charge in [-0.15, -0.1) is 0 Å². The summed E-state index contributed by atoms with van der Waals surface area (Å²) in [5, 5.41) is 0.488. The Morgan fingerprint density at radius 2 is 1.97 bits per heavy atom. The molecule has 0 unspecified atom stereocenters. The number of methoxy groups -OCH3 is 1. The third-order valence-corrected chi connectivity index (χ3v) is 6.68. The second-order valence-electron chi connectivity index (χ2n) is 8.09. The summed E-state index contributed by atoms with van der Waals surface area (Å²) in [6.07, 6.45) is 6.81. The maximum absolute atomic E-state index is 14.3. The Morgan fingerprint density at radius 1 is 1.21 bits per heavy atom. The minimum Gasteiger partial charge on any atom is -0.493 e. The van der Waals surface area contributed by atoms with Crippen LogP contribution in [-0.4, -0.2) is 41.6 Å². The molecule has 4 rings (SSSR count). The van der Waals surface area contributed by atoms with Crippen LogP contribution in [0.4, 0.5) is 10.1 Å². The zero-order valence-corrected chi connectivity index (χ0v) is 19.6. The zero-order chi connectivity index (χ0) is 24.1. The summed E-state index contributed by atoms with van der Waals surface area (Å²) in [6.45, 7) is -0.267. The molecule has 1 aliphatic carbocycles. The summed E-state index contributed by atoms with van der Waals surface area (Å²) >= 11 is 1.24. The Hall–Kier alpha value is -3.33. The maximum atomic E-state index is 14.3. The molecule has 0 aromatic heterocycles. The molecular formula is C25H26FN3O4S. The van der Waals surface area contributed by atoms with Crippen molar-refractivity contribution < 1.29 is 23.5 Å². The molecule has 0 bridgehead atoms. The number of halogens is 1. The number of primary amides is 1. The standard InChI is InChI=1S/C25H26FN3O4S/c1-32-21-13-16(11-12-20(21)33-15-23(27)30)14-22-24(31)29(17-7-3-2-4-8-17)25(34-22)28-19-10-6-5-9-18(19)26/h5-6,9-14,17H,2-4,7-8,15H2,1H3,(H2,27,30)/b22-14-,28-25?. The number of amides is 2. The predicted molar refractivity (Wildman–Crippen MR) is 130 cm³/mol. The lowest BCUT2D eigenvalue weighted by molar-refractivity contribution is -0.124. The summed E-state index contributed by atoms with van der Waals surface area (Å²) in [6, 6.07) is 11.5. The molecule has 2 aromatic carbocycles. The van der Waals surface area contributed by atoms with E-state index in [-0.39, 0.29) is 24.2 Å². The molecule has 1 saturated heterocycles. The first-order valence-electron chi connectivity index (χ1n) is 11.1. The second-order valence-corrected chi connectivity index (χ2v) is 9.10. The van der Waals surface area contributed by atoms with Crippen molar-refractivity contribution in [1.82, 2.24) is 4.90 Å². The number of benzene rings is 2. The van der Waals surface area contributed by atoms with Gasteiger partial charge in [-0.05, 0) is 60.5 Å². The number of rotatable bonds is 7. The molecular weight excluding hydrogens is 457 g/mol. The Kier molecular flexibility index (Phi) is 7.52. The normalized spacial score (nSPS) is 19.1. The molecule has 178 valence electrons. The van der Waals surface area contributed by atoms with Gasteiger partial charge < -0.3 is 15.2 Å². The second kappa shape index (κ2) is 10.7. The van der Waals surface area contributed by atoms with Gasteiger partial charge in [0, 0.05) is 6.04 Å². The fraction of sp³-hybridized carbons (Fsp3) is 0.320. The highest BCUT2D eigenvalue weighted by atomic mass is 32.2. The fourth-order valence-corrected chi connectivity index (χ4v) is 5.12. The molecule has 2 aromatic rings. The van der Waals surface area contributed by atoms with Gasteiger partial charge in [0.05, 0.1) is 12.0 Å². The number of amidine groups is 1. The Balaban J connectivity index is 1.66. The largest absolute Gasteiger partial charge is 0.493 e. The first-order chi connectivity index (χ1) is 16.5. The van der Waals surface area contributed by atoms with Crippen molar-refractivity contribution in [1.29, 1.82) is 0 Å². The van der Waals surface area contributed by atoms with E-state index in [2.05, 4.69) is 4.99 Å². The van der Waals surface area contributed by atoms with Crippen molar-refractivity contribution in [3.8, 4) is 11.5 Å². The van der Waals surface area contributed by atoms with Crippen LogP contribution in [0.15, 0.2) is 52.4 Å². The van der Waals surface area contributed by atoms with E-state index in [0.29, 0.717) is 21.6 Å². The van der Waals surface area contributed by atoms with Crippen molar-refractivity contribution >= 4 is 40.5 Å². The number of para-hydroxylation sites is 1. The smallest absolute Gasteiger partial charge is 0.267 e. The number of nitrogens with two attached hydrogens (primary N) is 1. The summed E-state index contributed by atoms with van der Waals surface area (Å²) in [5.74, 6) is -0.374. The number of nitrogens with zero attached hydrogens (tertiary/aromatic N) is 2. The van der Waals surface area contributed by atoms with Gasteiger partial charge in [0.1, 0.15) is 11.5 Å². The number of carbonyl (C=O) groups is 2. The fourth-order valence-electron chi connectivity index (χ4n) is 4.06. The molecule has 0 atom stereocenters. The topological polar surface area (TPSA) is 94.2 Å². The lowest BCUT2D eigenvalue weighted by atomic mass is 9.94. The van der Waals surface area contributed by atoms with Crippen molar-refractivity contribution in [3.05, 3.63) is 58.8 Å². The van der Waals surface area contributed by atoms with Crippen LogP contribution in [0.5, 0.6) is 11.5 Å². The number of thioether (sulfide) groups is 1. The van der Waals surface area contributed by atoms with Gasteiger partial charge in [-0.3, -0.25) is 14.5 Å². The van der Waals surface area contributed by atoms with Crippen LogP contribution < -0.4 is 15.2 Å². The van der Waals surface area contributed by atoms with Crippen LogP contribution in [0.1, 0.15) is 37.7 Å². The zero-order valence-electron chi connectivity index (χ0n) is 18.8. The van der Waals surface area contributed by atoms with E-state index in [0.717, 1.165) is 37.7 Å². The monoisotopic (exact) mass is 483 g/mol. The molecule has 1 heterocycles. The van der Waals surface area contributed by atoms with Gasteiger partial charge in [-0.1, -0.05) is 37.5 Å². The Morgan fingerprint density at radius 3 is 2.68 bits per heavy atom. The van der Waals surface area contributed by atoms with Crippen molar-refractivity contribution in [2.45, 2.75) is 38.1 Å². The van der Waals surface area contributed by atoms with Crippen LogP contribution in [0, 0.1) is 5.82 Å². The Labute approximate surface area is 201 Å². The number of aliphatic imine (C=N–C) groups is 1. The predicted octanol–water partition coefficient (Wildman–Crippen LogP) is 4.64. The van der Waals surface area contributed by atoms with E-state index in [1.807, 2.05) is 0 Å². The molecule has 2 aliphatic rings. The summed E-state index contributed by atoms with van der Waals surface area (Å²) in [4.78, 5) is 31.2. The van der Waals surface area contributed by atoms with Crippen LogP contribution in [0.2, 0.25) is 0 Å². The average molecular weight is 484 g/mol. The molecule has 0 radical (unpaired) electrons. The third-order valence-electron chi connectivity index (χ3n) is 5.70. The molecule has 34 heavy (non-hydrogen) atoms. The van der Waals surface area contributed by atoms with E-state index in [4.69, 9.17) is 15.2 Å². The minimum absolute atomic E-state index is 0.0456. The van der Waals surface area contributed by atoms with Crippen LogP contribution in [0.25, 0.3) is 6.08 Å². The average Bonchev–Trinajstić information content (AvgIpc) is 3.14. The van der Waals surface area contributed by atoms with E-state index >= 15 is 0 Å². The molecule has 9 heteroatoms. The molecule has 2 amide bonds. The summed E-state index contributed by atoms with van der Waals surface area (Å²) < 4.78 is 25.0. The van der Waals surface area contributed by atoms with E-state index < -0.39 is 11.7 Å². The van der Waals surface area contributed by atoms with E-state index in [1.54, 1.807) is 47.4 Å². The number of carbonyl (C=O) groups excluding carboxylic acids is 2. The maximum Gasteiger partial charge on any atom is 0.267 e. The molecule has 2 N–H and O–H groups in total. The number of ether oxygens (including phenoxy) is 2. The van der Waals surface area contributed by atoms with Gasteiger partial charge in [0.15, 0.2) is 23.3 Å². The first kappa shape index (κ1) is 23.8. The molecule has 1 aliphatic heterocycles. The van der Waals surface area contributed by atoms with Gasteiger partial charge >= 0.3 is 0 Å². The number of hydrogen-bond acceptors (Lipinski definition) is 6. The molecule has 2 fully saturated rings. The highest BCUT2D eigenvalue weighted by Gasteiger charge is 2.38. The quantitative estimate of drug-likeness (QED) is 0.579. The minimum atomic E-state index is -0.592. The lowest BCUT2D eigenvalue weighted by Crippen LogP contribution is -2.40. The van der Waals surface area contributed by atoms with Crippen LogP contribution in [-0.2, 0) is 9.59 Å². The lowest BCUT2D eigenvalue weighted by Gasteiger charge is -2.30. The van der Waals surface area contributed by atoms with Crippen molar-refractivity contribution in [2.75, 3.05) is 13.7 Å². The van der Waals surface area contributed by atoms with Crippen LogP contribution in [0.3, 0.4) is 0 Å². The van der Waals surface area contributed by atoms with Crippen molar-refractivity contribution in [3.63, 3.8) is 0 Å². The van der Waals surface area contributed by atoms with E-state index in [1.165, 1.54) is 24.9 Å². The SMILES string of the molecule is COc1cc(/C=C2\SC(=Nc3ccccc3F)N(C3CCCCC3)C2=O)ccc1OCC(N)=O. The number of hydrogen-bond donors (Lipinski definition) is 1. The molecule has 7 nitrogen and oxygen atoms in total. The molecule has 0 spiro atoms. The van der Waals surface area contributed by atoms with Crippen LogP contribution >= 0.6 is 11.8 Å².